The molecule has 1 aromatic carbocycles. The zero-order valence-corrected chi connectivity index (χ0v) is 13.6. The highest BCUT2D eigenvalue weighted by molar-refractivity contribution is 5.92. The molecule has 0 unspecified atom stereocenters. The van der Waals surface area contributed by atoms with Gasteiger partial charge in [0, 0.05) is 38.3 Å². The van der Waals surface area contributed by atoms with Crippen molar-refractivity contribution in [2.24, 2.45) is 0 Å². The maximum absolute atomic E-state index is 12.9. The van der Waals surface area contributed by atoms with Crippen molar-refractivity contribution in [3.63, 3.8) is 0 Å². The Labute approximate surface area is 140 Å². The Morgan fingerprint density at radius 2 is 1.92 bits per heavy atom. The van der Waals surface area contributed by atoms with Gasteiger partial charge in [0.25, 0.3) is 5.91 Å². The van der Waals surface area contributed by atoms with Gasteiger partial charge in [0.1, 0.15) is 11.6 Å². The Morgan fingerprint density at radius 1 is 1.17 bits per heavy atom. The van der Waals surface area contributed by atoms with Crippen LogP contribution in [0.2, 0.25) is 0 Å². The van der Waals surface area contributed by atoms with E-state index in [2.05, 4.69) is 15.5 Å². The summed E-state index contributed by atoms with van der Waals surface area (Å²) in [5.41, 5.74) is 0.745. The van der Waals surface area contributed by atoms with Crippen molar-refractivity contribution in [3.05, 3.63) is 48.0 Å². The van der Waals surface area contributed by atoms with Crippen molar-refractivity contribution < 1.29 is 13.6 Å². The molecule has 6 heteroatoms. The molecule has 1 amide bonds. The van der Waals surface area contributed by atoms with E-state index in [4.69, 9.17) is 4.42 Å². The van der Waals surface area contributed by atoms with Gasteiger partial charge in [-0.1, -0.05) is 0 Å². The molecule has 128 valence electrons. The molecule has 0 spiro atoms. The fourth-order valence-corrected chi connectivity index (χ4v) is 2.76. The van der Waals surface area contributed by atoms with E-state index in [0.717, 1.165) is 44.7 Å². The number of halogens is 1. The van der Waals surface area contributed by atoms with Crippen LogP contribution in [-0.4, -0.2) is 50.1 Å². The summed E-state index contributed by atoms with van der Waals surface area (Å²) in [6, 6.07) is 9.36. The Morgan fingerprint density at radius 3 is 2.67 bits per heavy atom. The Kier molecular flexibility index (Phi) is 5.61. The Bertz CT molecular complexity index is 663. The molecule has 5 nitrogen and oxygen atoms in total. The van der Waals surface area contributed by atoms with Crippen LogP contribution in [0.25, 0.3) is 11.3 Å². The van der Waals surface area contributed by atoms with Crippen LogP contribution in [0.3, 0.4) is 0 Å². The molecule has 0 saturated carbocycles. The molecule has 1 saturated heterocycles. The molecule has 1 aliphatic rings. The standard InChI is InChI=1S/C18H22FN3O2/c19-15-4-2-14(3-5-15)16-6-7-17(24-16)18(23)21-8-1-11-22-12-9-20-10-13-22/h2-7,20H,1,8-13H2,(H,21,23). The maximum atomic E-state index is 12.9. The quantitative estimate of drug-likeness (QED) is 0.796. The minimum absolute atomic E-state index is 0.219. The molecular weight excluding hydrogens is 309 g/mol. The summed E-state index contributed by atoms with van der Waals surface area (Å²) in [7, 11) is 0. The number of nitrogens with one attached hydrogen (secondary N) is 2. The highest BCUT2D eigenvalue weighted by Gasteiger charge is 2.13. The van der Waals surface area contributed by atoms with E-state index in [1.54, 1.807) is 24.3 Å². The number of nitrogens with zero attached hydrogens (tertiary/aromatic N) is 1. The summed E-state index contributed by atoms with van der Waals surface area (Å²) >= 11 is 0. The van der Waals surface area contributed by atoms with E-state index < -0.39 is 0 Å². The third-order valence-corrected chi connectivity index (χ3v) is 4.10. The summed E-state index contributed by atoms with van der Waals surface area (Å²) in [6.07, 6.45) is 0.914. The second-order valence-electron chi connectivity index (χ2n) is 5.87. The van der Waals surface area contributed by atoms with Crippen LogP contribution < -0.4 is 10.6 Å². The van der Waals surface area contributed by atoms with E-state index in [1.165, 1.54) is 12.1 Å². The van der Waals surface area contributed by atoms with Crippen LogP contribution in [0.1, 0.15) is 17.0 Å². The molecule has 1 fully saturated rings. The number of carbonyl (C=O) groups excluding carboxylic acids is 1. The van der Waals surface area contributed by atoms with Crippen molar-refractivity contribution in [1.82, 2.24) is 15.5 Å². The number of amides is 1. The average Bonchev–Trinajstić information content (AvgIpc) is 3.10. The van der Waals surface area contributed by atoms with Gasteiger partial charge in [0.05, 0.1) is 0 Å². The first kappa shape index (κ1) is 16.7. The lowest BCUT2D eigenvalue weighted by Crippen LogP contribution is -2.44. The molecule has 0 aliphatic carbocycles. The summed E-state index contributed by atoms with van der Waals surface area (Å²) in [6.45, 7) is 5.80. The number of hydrogen-bond donors (Lipinski definition) is 2. The lowest BCUT2D eigenvalue weighted by atomic mass is 10.2. The first-order valence-corrected chi connectivity index (χ1v) is 8.29. The van der Waals surface area contributed by atoms with Crippen molar-refractivity contribution >= 4 is 5.91 Å². The van der Waals surface area contributed by atoms with Crippen LogP contribution in [0.4, 0.5) is 4.39 Å². The molecule has 1 aromatic heterocycles. The van der Waals surface area contributed by atoms with Gasteiger partial charge in [-0.15, -0.1) is 0 Å². The van der Waals surface area contributed by atoms with Crippen molar-refractivity contribution in [3.8, 4) is 11.3 Å². The predicted octanol–water partition coefficient (Wildman–Crippen LogP) is 2.11. The number of carbonyl (C=O) groups is 1. The number of benzene rings is 1. The lowest BCUT2D eigenvalue weighted by Gasteiger charge is -2.26. The third-order valence-electron chi connectivity index (χ3n) is 4.10. The minimum atomic E-state index is -0.298. The van der Waals surface area contributed by atoms with Gasteiger partial charge < -0.3 is 20.0 Å². The highest BCUT2D eigenvalue weighted by atomic mass is 19.1. The molecular formula is C18H22FN3O2. The van der Waals surface area contributed by atoms with E-state index in [9.17, 15) is 9.18 Å². The smallest absolute Gasteiger partial charge is 0.287 e. The molecule has 24 heavy (non-hydrogen) atoms. The molecule has 2 aromatic rings. The topological polar surface area (TPSA) is 57.5 Å². The molecule has 2 heterocycles. The number of rotatable bonds is 6. The van der Waals surface area contributed by atoms with Crippen molar-refractivity contribution in [2.75, 3.05) is 39.3 Å². The Balaban J connectivity index is 1.46. The predicted molar refractivity (Wildman–Crippen MR) is 90.4 cm³/mol. The first-order chi connectivity index (χ1) is 11.7. The van der Waals surface area contributed by atoms with Gasteiger partial charge >= 0.3 is 0 Å². The fraction of sp³-hybridized carbons (Fsp3) is 0.389. The normalized spacial score (nSPS) is 15.4. The van der Waals surface area contributed by atoms with Gasteiger partial charge in [-0.2, -0.15) is 0 Å². The number of furan rings is 1. The fourth-order valence-electron chi connectivity index (χ4n) is 2.76. The monoisotopic (exact) mass is 331 g/mol. The lowest BCUT2D eigenvalue weighted by molar-refractivity contribution is 0.0924. The van der Waals surface area contributed by atoms with E-state index in [0.29, 0.717) is 12.3 Å². The summed E-state index contributed by atoms with van der Waals surface area (Å²) in [5.74, 6) is 0.314. The number of hydrogen-bond acceptors (Lipinski definition) is 4. The van der Waals surface area contributed by atoms with Crippen LogP contribution in [0, 0.1) is 5.82 Å². The largest absolute Gasteiger partial charge is 0.451 e. The van der Waals surface area contributed by atoms with E-state index >= 15 is 0 Å². The Hall–Kier alpha value is -2.18. The highest BCUT2D eigenvalue weighted by Crippen LogP contribution is 2.22. The van der Waals surface area contributed by atoms with Gasteiger partial charge in [-0.25, -0.2) is 4.39 Å². The number of piperazine rings is 1. The SMILES string of the molecule is O=C(NCCCN1CCNCC1)c1ccc(-c2ccc(F)cc2)o1. The van der Waals surface area contributed by atoms with Crippen molar-refractivity contribution in [1.29, 1.82) is 0 Å². The summed E-state index contributed by atoms with van der Waals surface area (Å²) < 4.78 is 18.5. The zero-order chi connectivity index (χ0) is 16.8. The second-order valence-corrected chi connectivity index (χ2v) is 5.87. The second kappa shape index (κ2) is 8.08. The zero-order valence-electron chi connectivity index (χ0n) is 13.6. The third kappa shape index (κ3) is 4.43. The molecule has 3 rings (SSSR count). The summed E-state index contributed by atoms with van der Waals surface area (Å²) in [5, 5.41) is 6.20. The summed E-state index contributed by atoms with van der Waals surface area (Å²) in [4.78, 5) is 14.5. The van der Waals surface area contributed by atoms with Crippen LogP contribution >= 0.6 is 0 Å². The van der Waals surface area contributed by atoms with Crippen LogP contribution in [0.5, 0.6) is 0 Å². The molecule has 0 radical (unpaired) electrons. The van der Waals surface area contributed by atoms with Gasteiger partial charge in [-0.3, -0.25) is 4.79 Å². The molecule has 0 bridgehead atoms. The maximum Gasteiger partial charge on any atom is 0.287 e. The molecule has 0 atom stereocenters. The van der Waals surface area contributed by atoms with Crippen LogP contribution in [-0.2, 0) is 0 Å². The first-order valence-electron chi connectivity index (χ1n) is 8.29. The molecule has 1 aliphatic heterocycles. The van der Waals surface area contributed by atoms with Crippen molar-refractivity contribution in [2.45, 2.75) is 6.42 Å². The van der Waals surface area contributed by atoms with Gasteiger partial charge in [-0.05, 0) is 49.4 Å². The minimum Gasteiger partial charge on any atom is -0.451 e. The van der Waals surface area contributed by atoms with Gasteiger partial charge in [0.2, 0.25) is 0 Å². The van der Waals surface area contributed by atoms with Gasteiger partial charge in [0.15, 0.2) is 5.76 Å². The average molecular weight is 331 g/mol. The van der Waals surface area contributed by atoms with Crippen LogP contribution in [0.15, 0.2) is 40.8 Å². The van der Waals surface area contributed by atoms with E-state index in [1.807, 2.05) is 0 Å². The van der Waals surface area contributed by atoms with E-state index in [-0.39, 0.29) is 17.5 Å². The molecule has 2 N–H and O–H groups in total.